The van der Waals surface area contributed by atoms with E-state index in [1.807, 2.05) is 13.1 Å². The second kappa shape index (κ2) is 6.50. The van der Waals surface area contributed by atoms with Gasteiger partial charge < -0.3 is 5.32 Å². The third-order valence-corrected chi connectivity index (χ3v) is 4.51. The number of nitrogens with zero attached hydrogens (tertiary/aromatic N) is 2. The summed E-state index contributed by atoms with van der Waals surface area (Å²) in [7, 11) is -0.233. The standard InChI is InChI=1S/C12H17N3O2S/c1-14-8-5-9-15(2)18(16,17)12-7-4-3-6-11(12)10-13/h3-4,6-7,14H,5,8-9H2,1-2H3. The van der Waals surface area contributed by atoms with Crippen molar-refractivity contribution in [2.75, 3.05) is 27.2 Å². The van der Waals surface area contributed by atoms with Gasteiger partial charge in [-0.2, -0.15) is 5.26 Å². The third-order valence-electron chi connectivity index (χ3n) is 2.60. The van der Waals surface area contributed by atoms with Gasteiger partial charge in [-0.15, -0.1) is 0 Å². The number of hydrogen-bond donors (Lipinski definition) is 1. The molecule has 0 radical (unpaired) electrons. The van der Waals surface area contributed by atoms with Crippen molar-refractivity contribution in [2.45, 2.75) is 11.3 Å². The van der Waals surface area contributed by atoms with E-state index in [0.29, 0.717) is 6.54 Å². The van der Waals surface area contributed by atoms with E-state index >= 15 is 0 Å². The van der Waals surface area contributed by atoms with Gasteiger partial charge in [-0.05, 0) is 32.1 Å². The van der Waals surface area contributed by atoms with E-state index in [1.165, 1.54) is 23.5 Å². The average Bonchev–Trinajstić information content (AvgIpc) is 2.38. The summed E-state index contributed by atoms with van der Waals surface area (Å²) in [4.78, 5) is 0.0689. The maximum Gasteiger partial charge on any atom is 0.244 e. The van der Waals surface area contributed by atoms with Crippen molar-refractivity contribution in [3.8, 4) is 6.07 Å². The summed E-state index contributed by atoms with van der Waals surface area (Å²) in [6, 6.07) is 8.15. The van der Waals surface area contributed by atoms with Crippen LogP contribution < -0.4 is 5.32 Å². The van der Waals surface area contributed by atoms with Gasteiger partial charge >= 0.3 is 0 Å². The molecular weight excluding hydrogens is 250 g/mol. The first-order valence-corrected chi connectivity index (χ1v) is 7.08. The van der Waals surface area contributed by atoms with Gasteiger partial charge in [0.15, 0.2) is 0 Å². The van der Waals surface area contributed by atoms with Crippen LogP contribution in [-0.4, -0.2) is 39.9 Å². The van der Waals surface area contributed by atoms with Crippen LogP contribution >= 0.6 is 0 Å². The molecule has 5 nitrogen and oxygen atoms in total. The molecule has 1 aromatic rings. The molecule has 1 N–H and O–H groups in total. The van der Waals surface area contributed by atoms with Gasteiger partial charge in [-0.1, -0.05) is 12.1 Å². The highest BCUT2D eigenvalue weighted by Crippen LogP contribution is 2.18. The molecule has 0 bridgehead atoms. The van der Waals surface area contributed by atoms with Crippen LogP contribution in [0, 0.1) is 11.3 Å². The number of hydrogen-bond acceptors (Lipinski definition) is 4. The Balaban J connectivity index is 2.96. The maximum atomic E-state index is 12.3. The number of nitriles is 1. The van der Waals surface area contributed by atoms with E-state index in [1.54, 1.807) is 12.1 Å². The van der Waals surface area contributed by atoms with Gasteiger partial charge in [0, 0.05) is 13.6 Å². The molecule has 0 heterocycles. The summed E-state index contributed by atoms with van der Waals surface area (Å²) >= 11 is 0. The summed E-state index contributed by atoms with van der Waals surface area (Å²) in [6.07, 6.45) is 0.723. The molecule has 0 unspecified atom stereocenters. The number of sulfonamides is 1. The van der Waals surface area contributed by atoms with Crippen molar-refractivity contribution >= 4 is 10.0 Å². The topological polar surface area (TPSA) is 73.2 Å². The molecule has 18 heavy (non-hydrogen) atoms. The average molecular weight is 267 g/mol. The van der Waals surface area contributed by atoms with Crippen LogP contribution in [0.1, 0.15) is 12.0 Å². The van der Waals surface area contributed by atoms with Crippen LogP contribution in [0.4, 0.5) is 0 Å². The lowest BCUT2D eigenvalue weighted by molar-refractivity contribution is 0.458. The first-order valence-electron chi connectivity index (χ1n) is 5.64. The van der Waals surface area contributed by atoms with Crippen molar-refractivity contribution in [2.24, 2.45) is 0 Å². The lowest BCUT2D eigenvalue weighted by atomic mass is 10.2. The molecular formula is C12H17N3O2S. The molecule has 0 spiro atoms. The Morgan fingerprint density at radius 3 is 2.67 bits per heavy atom. The quantitative estimate of drug-likeness (QED) is 0.773. The normalized spacial score (nSPS) is 11.4. The zero-order chi connectivity index (χ0) is 13.6. The monoisotopic (exact) mass is 267 g/mol. The molecule has 0 aromatic heterocycles. The molecule has 0 saturated carbocycles. The van der Waals surface area contributed by atoms with Gasteiger partial charge in [0.25, 0.3) is 0 Å². The first-order chi connectivity index (χ1) is 8.54. The van der Waals surface area contributed by atoms with E-state index in [-0.39, 0.29) is 10.5 Å². The number of rotatable bonds is 6. The van der Waals surface area contributed by atoms with Gasteiger partial charge in [-0.3, -0.25) is 0 Å². The van der Waals surface area contributed by atoms with Gasteiger partial charge in [0.05, 0.1) is 10.5 Å². The number of nitrogens with one attached hydrogen (secondary N) is 1. The molecule has 98 valence electrons. The highest BCUT2D eigenvalue weighted by Gasteiger charge is 2.23. The molecule has 0 aliphatic heterocycles. The van der Waals surface area contributed by atoms with E-state index < -0.39 is 10.0 Å². The minimum atomic E-state index is -3.58. The lowest BCUT2D eigenvalue weighted by Gasteiger charge is -2.17. The fraction of sp³-hybridized carbons (Fsp3) is 0.417. The van der Waals surface area contributed by atoms with E-state index in [2.05, 4.69) is 5.32 Å². The van der Waals surface area contributed by atoms with Crippen molar-refractivity contribution in [3.63, 3.8) is 0 Å². The Hall–Kier alpha value is -1.42. The minimum absolute atomic E-state index is 0.0689. The summed E-state index contributed by atoms with van der Waals surface area (Å²) in [6.45, 7) is 1.17. The molecule has 0 fully saturated rings. The molecule has 0 atom stereocenters. The Kier molecular flexibility index (Phi) is 5.28. The maximum absolute atomic E-state index is 12.3. The molecule has 1 aromatic carbocycles. The summed E-state index contributed by atoms with van der Waals surface area (Å²) < 4.78 is 25.8. The predicted molar refractivity (Wildman–Crippen MR) is 69.5 cm³/mol. The van der Waals surface area contributed by atoms with E-state index in [0.717, 1.165) is 13.0 Å². The van der Waals surface area contributed by atoms with Crippen LogP contribution in [0.15, 0.2) is 29.2 Å². The summed E-state index contributed by atoms with van der Waals surface area (Å²) in [5.41, 5.74) is 0.179. The largest absolute Gasteiger partial charge is 0.320 e. The zero-order valence-electron chi connectivity index (χ0n) is 10.5. The molecule has 6 heteroatoms. The smallest absolute Gasteiger partial charge is 0.244 e. The van der Waals surface area contributed by atoms with Crippen LogP contribution in [-0.2, 0) is 10.0 Å². The second-order valence-corrected chi connectivity index (χ2v) is 5.90. The SMILES string of the molecule is CNCCCN(C)S(=O)(=O)c1ccccc1C#N. The Labute approximate surface area is 108 Å². The summed E-state index contributed by atoms with van der Waals surface area (Å²) in [5, 5.41) is 11.9. The Morgan fingerprint density at radius 1 is 1.39 bits per heavy atom. The van der Waals surface area contributed by atoms with Crippen LogP contribution in [0.3, 0.4) is 0 Å². The Bertz CT molecular complexity index is 534. The van der Waals surface area contributed by atoms with Crippen molar-refractivity contribution in [1.29, 1.82) is 5.26 Å². The van der Waals surface area contributed by atoms with Crippen molar-refractivity contribution < 1.29 is 8.42 Å². The molecule has 0 amide bonds. The number of benzene rings is 1. The minimum Gasteiger partial charge on any atom is -0.320 e. The highest BCUT2D eigenvalue weighted by molar-refractivity contribution is 7.89. The van der Waals surface area contributed by atoms with Crippen LogP contribution in [0.5, 0.6) is 0 Å². The third kappa shape index (κ3) is 3.29. The second-order valence-electron chi connectivity index (χ2n) is 3.89. The molecule has 0 aliphatic rings. The van der Waals surface area contributed by atoms with Crippen LogP contribution in [0.2, 0.25) is 0 Å². The zero-order valence-corrected chi connectivity index (χ0v) is 11.4. The van der Waals surface area contributed by atoms with E-state index in [4.69, 9.17) is 5.26 Å². The lowest BCUT2D eigenvalue weighted by Crippen LogP contribution is -2.30. The van der Waals surface area contributed by atoms with Crippen molar-refractivity contribution in [3.05, 3.63) is 29.8 Å². The first kappa shape index (κ1) is 14.6. The van der Waals surface area contributed by atoms with Gasteiger partial charge in [-0.25, -0.2) is 12.7 Å². The van der Waals surface area contributed by atoms with Crippen LogP contribution in [0.25, 0.3) is 0 Å². The molecule has 0 saturated heterocycles. The predicted octanol–water partition coefficient (Wildman–Crippen LogP) is 0.788. The van der Waals surface area contributed by atoms with Crippen molar-refractivity contribution in [1.82, 2.24) is 9.62 Å². The van der Waals surface area contributed by atoms with Gasteiger partial charge in [0.1, 0.15) is 6.07 Å². The highest BCUT2D eigenvalue weighted by atomic mass is 32.2. The fourth-order valence-electron chi connectivity index (χ4n) is 1.55. The van der Waals surface area contributed by atoms with Gasteiger partial charge in [0.2, 0.25) is 10.0 Å². The van der Waals surface area contributed by atoms with E-state index in [9.17, 15) is 8.42 Å². The molecule has 1 rings (SSSR count). The molecule has 0 aliphatic carbocycles. The Morgan fingerprint density at radius 2 is 2.06 bits per heavy atom. The summed E-state index contributed by atoms with van der Waals surface area (Å²) in [5.74, 6) is 0. The fourth-order valence-corrected chi connectivity index (χ4v) is 2.90.